The minimum atomic E-state index is -0.644. The highest BCUT2D eigenvalue weighted by Crippen LogP contribution is 2.39. The van der Waals surface area contributed by atoms with Crippen LogP contribution in [0.3, 0.4) is 0 Å². The molecule has 9 heteroatoms. The Morgan fingerprint density at radius 2 is 2.07 bits per heavy atom. The van der Waals surface area contributed by atoms with Crippen LogP contribution in [0.2, 0.25) is 0 Å². The molecule has 2 heterocycles. The third-order valence-electron chi connectivity index (χ3n) is 4.49. The molecule has 0 aliphatic heterocycles. The summed E-state index contributed by atoms with van der Waals surface area (Å²) in [4.78, 5) is 12.2. The van der Waals surface area contributed by atoms with Crippen LogP contribution < -0.4 is 0 Å². The lowest BCUT2D eigenvalue weighted by atomic mass is 9.93. The van der Waals surface area contributed by atoms with Crippen molar-refractivity contribution in [1.29, 1.82) is 0 Å². The van der Waals surface area contributed by atoms with Crippen molar-refractivity contribution >= 4 is 17.5 Å². The second-order valence-electron chi connectivity index (χ2n) is 7.62. The molecule has 1 aliphatic rings. The van der Waals surface area contributed by atoms with E-state index in [1.807, 2.05) is 20.8 Å². The summed E-state index contributed by atoms with van der Waals surface area (Å²) in [6, 6.07) is 1.72. The lowest BCUT2D eigenvalue weighted by Crippen LogP contribution is -2.10. The Kier molecular flexibility index (Phi) is 5.29. The van der Waals surface area contributed by atoms with Gasteiger partial charge in [0.15, 0.2) is 5.69 Å². The zero-order valence-corrected chi connectivity index (χ0v) is 16.1. The first-order chi connectivity index (χ1) is 12.8. The van der Waals surface area contributed by atoms with Crippen molar-refractivity contribution in [2.45, 2.75) is 64.8 Å². The van der Waals surface area contributed by atoms with E-state index in [9.17, 15) is 9.90 Å². The molecule has 1 saturated carbocycles. The van der Waals surface area contributed by atoms with E-state index < -0.39 is 5.97 Å². The number of rotatable bonds is 5. The van der Waals surface area contributed by atoms with Crippen LogP contribution in [0.4, 0.5) is 11.5 Å². The van der Waals surface area contributed by atoms with Gasteiger partial charge in [0.05, 0.1) is 12.6 Å². The molecule has 27 heavy (non-hydrogen) atoms. The summed E-state index contributed by atoms with van der Waals surface area (Å²) in [5.74, 6) is 0.0814. The Morgan fingerprint density at radius 3 is 2.67 bits per heavy atom. The van der Waals surface area contributed by atoms with Gasteiger partial charge >= 0.3 is 5.97 Å². The van der Waals surface area contributed by atoms with E-state index >= 15 is 0 Å². The summed E-state index contributed by atoms with van der Waals surface area (Å²) in [5.41, 5.74) is -0.281. The standard InChI is InChI=1S/C18H25N5O4/c1-5-26-17(25)15-14(16(24)23(21-15)11-8-6-7-9-11)20-19-13-10-12(27-22-13)18(2,3)4/h10-11,24H,5-9H2,1-4H3/b20-19+. The van der Waals surface area contributed by atoms with Gasteiger partial charge in [0, 0.05) is 11.5 Å². The molecule has 0 amide bonds. The van der Waals surface area contributed by atoms with E-state index in [4.69, 9.17) is 9.26 Å². The summed E-state index contributed by atoms with van der Waals surface area (Å²) in [5, 5.41) is 26.8. The molecular weight excluding hydrogens is 350 g/mol. The van der Waals surface area contributed by atoms with Crippen LogP contribution in [0, 0.1) is 0 Å². The average Bonchev–Trinajstić information content (AvgIpc) is 3.32. The number of hydrogen-bond acceptors (Lipinski definition) is 8. The number of ether oxygens (including phenoxy) is 1. The summed E-state index contributed by atoms with van der Waals surface area (Å²) < 4.78 is 11.8. The fourth-order valence-corrected chi connectivity index (χ4v) is 3.02. The number of nitrogens with zero attached hydrogens (tertiary/aromatic N) is 5. The highest BCUT2D eigenvalue weighted by Gasteiger charge is 2.29. The van der Waals surface area contributed by atoms with Crippen LogP contribution in [0.5, 0.6) is 5.88 Å². The van der Waals surface area contributed by atoms with Gasteiger partial charge in [0.2, 0.25) is 17.4 Å². The number of aromatic hydroxyl groups is 1. The fraction of sp³-hybridized carbons (Fsp3) is 0.611. The van der Waals surface area contributed by atoms with Gasteiger partial charge in [-0.3, -0.25) is 0 Å². The van der Waals surface area contributed by atoms with Crippen molar-refractivity contribution in [3.05, 3.63) is 17.5 Å². The van der Waals surface area contributed by atoms with Crippen molar-refractivity contribution in [3.8, 4) is 5.88 Å². The third-order valence-corrected chi connectivity index (χ3v) is 4.49. The minimum absolute atomic E-state index is 0.0133. The molecule has 146 valence electrons. The van der Waals surface area contributed by atoms with E-state index in [-0.39, 0.29) is 41.1 Å². The molecule has 0 aromatic carbocycles. The predicted octanol–water partition coefficient (Wildman–Crippen LogP) is 4.58. The molecule has 2 aromatic rings. The maximum atomic E-state index is 12.2. The third kappa shape index (κ3) is 4.01. The largest absolute Gasteiger partial charge is 0.492 e. The fourth-order valence-electron chi connectivity index (χ4n) is 3.02. The van der Waals surface area contributed by atoms with Crippen molar-refractivity contribution in [3.63, 3.8) is 0 Å². The van der Waals surface area contributed by atoms with Gasteiger partial charge in [-0.15, -0.1) is 10.2 Å². The molecule has 1 aliphatic carbocycles. The molecule has 2 aromatic heterocycles. The van der Waals surface area contributed by atoms with E-state index in [1.165, 1.54) is 4.68 Å². The zero-order valence-electron chi connectivity index (χ0n) is 16.1. The number of carbonyl (C=O) groups excluding carboxylic acids is 1. The topological polar surface area (TPSA) is 115 Å². The van der Waals surface area contributed by atoms with Crippen LogP contribution in [0.15, 0.2) is 20.8 Å². The van der Waals surface area contributed by atoms with E-state index in [1.54, 1.807) is 13.0 Å². The molecule has 1 fully saturated rings. The van der Waals surface area contributed by atoms with Crippen LogP contribution in [-0.4, -0.2) is 32.6 Å². The Hall–Kier alpha value is -2.71. The Morgan fingerprint density at radius 1 is 1.37 bits per heavy atom. The maximum absolute atomic E-state index is 12.2. The smallest absolute Gasteiger partial charge is 0.361 e. The van der Waals surface area contributed by atoms with Gasteiger partial charge in [-0.2, -0.15) is 5.10 Å². The molecule has 1 N–H and O–H groups in total. The van der Waals surface area contributed by atoms with Crippen LogP contribution in [-0.2, 0) is 10.2 Å². The Balaban J connectivity index is 1.94. The number of aromatic nitrogens is 3. The number of hydrogen-bond donors (Lipinski definition) is 1. The summed E-state index contributed by atoms with van der Waals surface area (Å²) in [6.45, 7) is 7.88. The molecule has 0 bridgehead atoms. The molecule has 0 atom stereocenters. The van der Waals surface area contributed by atoms with E-state index in [2.05, 4.69) is 20.5 Å². The first-order valence-electron chi connectivity index (χ1n) is 9.18. The Bertz CT molecular complexity index is 841. The summed E-state index contributed by atoms with van der Waals surface area (Å²) in [6.07, 6.45) is 3.91. The van der Waals surface area contributed by atoms with Gasteiger partial charge < -0.3 is 14.4 Å². The van der Waals surface area contributed by atoms with Gasteiger partial charge in [0.1, 0.15) is 5.76 Å². The first-order valence-corrected chi connectivity index (χ1v) is 9.18. The van der Waals surface area contributed by atoms with Gasteiger partial charge in [-0.1, -0.05) is 38.8 Å². The normalized spacial score (nSPS) is 15.7. The molecular formula is C18H25N5O4. The van der Waals surface area contributed by atoms with Crippen molar-refractivity contribution in [1.82, 2.24) is 14.9 Å². The first kappa shape index (κ1) is 19.1. The van der Waals surface area contributed by atoms with Crippen LogP contribution >= 0.6 is 0 Å². The second-order valence-corrected chi connectivity index (χ2v) is 7.62. The molecule has 3 rings (SSSR count). The number of azo groups is 1. The van der Waals surface area contributed by atoms with E-state index in [0.717, 1.165) is 25.7 Å². The number of esters is 1. The van der Waals surface area contributed by atoms with Gasteiger partial charge in [-0.25, -0.2) is 9.48 Å². The predicted molar refractivity (Wildman–Crippen MR) is 96.7 cm³/mol. The second kappa shape index (κ2) is 7.50. The zero-order chi connectivity index (χ0) is 19.6. The Labute approximate surface area is 157 Å². The summed E-state index contributed by atoms with van der Waals surface area (Å²) in [7, 11) is 0. The van der Waals surface area contributed by atoms with Gasteiger partial charge in [-0.05, 0) is 19.8 Å². The maximum Gasteiger partial charge on any atom is 0.361 e. The number of carbonyl (C=O) groups is 1. The molecule has 0 spiro atoms. The molecule has 0 saturated heterocycles. The molecule has 0 radical (unpaired) electrons. The lowest BCUT2D eigenvalue weighted by molar-refractivity contribution is 0.0519. The van der Waals surface area contributed by atoms with Crippen LogP contribution in [0.25, 0.3) is 0 Å². The summed E-state index contributed by atoms with van der Waals surface area (Å²) >= 11 is 0. The average molecular weight is 375 g/mol. The molecule has 9 nitrogen and oxygen atoms in total. The quantitative estimate of drug-likeness (QED) is 0.604. The van der Waals surface area contributed by atoms with Crippen LogP contribution in [0.1, 0.15) is 75.7 Å². The monoisotopic (exact) mass is 375 g/mol. The molecule has 0 unspecified atom stereocenters. The minimum Gasteiger partial charge on any atom is -0.492 e. The highest BCUT2D eigenvalue weighted by molar-refractivity contribution is 5.93. The van der Waals surface area contributed by atoms with Crippen molar-refractivity contribution in [2.75, 3.05) is 6.61 Å². The highest BCUT2D eigenvalue weighted by atomic mass is 16.5. The SMILES string of the molecule is CCOC(=O)c1nn(C2CCCC2)c(O)c1/N=N/c1cc(C(C)(C)C)on1. The van der Waals surface area contributed by atoms with Crippen molar-refractivity contribution < 1.29 is 19.2 Å². The van der Waals surface area contributed by atoms with E-state index in [0.29, 0.717) is 5.76 Å². The lowest BCUT2D eigenvalue weighted by Gasteiger charge is -2.11. The van der Waals surface area contributed by atoms with Crippen molar-refractivity contribution in [2.24, 2.45) is 10.2 Å². The van der Waals surface area contributed by atoms with Gasteiger partial charge in [0.25, 0.3) is 0 Å².